The number of ether oxygens (including phenoxy) is 2. The monoisotopic (exact) mass is 423 g/mol. The van der Waals surface area contributed by atoms with E-state index in [-0.39, 0.29) is 11.9 Å². The van der Waals surface area contributed by atoms with Gasteiger partial charge < -0.3 is 14.8 Å². The van der Waals surface area contributed by atoms with Crippen molar-refractivity contribution < 1.29 is 14.3 Å². The van der Waals surface area contributed by atoms with Crippen molar-refractivity contribution in [2.45, 2.75) is 12.6 Å². The van der Waals surface area contributed by atoms with E-state index in [2.05, 4.69) is 27.3 Å². The average Bonchev–Trinajstić information content (AvgIpc) is 3.33. The van der Waals surface area contributed by atoms with E-state index >= 15 is 0 Å². The van der Waals surface area contributed by atoms with E-state index in [1.165, 1.54) is 0 Å². The van der Waals surface area contributed by atoms with Crippen LogP contribution in [-0.2, 0) is 11.3 Å². The summed E-state index contributed by atoms with van der Waals surface area (Å²) in [4.78, 5) is 19.5. The number of rotatable bonds is 8. The van der Waals surface area contributed by atoms with E-state index in [9.17, 15) is 4.79 Å². The van der Waals surface area contributed by atoms with E-state index in [0.29, 0.717) is 17.9 Å². The molecule has 0 radical (unpaired) electrons. The molecule has 156 valence electrons. The molecule has 3 aromatic rings. The lowest BCUT2D eigenvalue weighted by Gasteiger charge is -2.31. The van der Waals surface area contributed by atoms with Gasteiger partial charge in [-0.15, -0.1) is 11.3 Å². The van der Waals surface area contributed by atoms with Crippen LogP contribution in [0.3, 0.4) is 0 Å². The van der Waals surface area contributed by atoms with Crippen LogP contribution in [0.25, 0.3) is 0 Å². The largest absolute Gasteiger partial charge is 0.487 e. The van der Waals surface area contributed by atoms with E-state index < -0.39 is 0 Å². The van der Waals surface area contributed by atoms with Gasteiger partial charge in [0.05, 0.1) is 30.5 Å². The number of hydrogen-bond donors (Lipinski definition) is 1. The molecule has 0 aliphatic carbocycles. The minimum Gasteiger partial charge on any atom is -0.487 e. The van der Waals surface area contributed by atoms with Crippen molar-refractivity contribution in [3.05, 3.63) is 82.3 Å². The number of nitrogens with zero attached hydrogens (tertiary/aromatic N) is 2. The maximum atomic E-state index is 12.9. The first-order chi connectivity index (χ1) is 14.8. The molecule has 0 bridgehead atoms. The molecule has 6 nitrogen and oxygen atoms in total. The zero-order valence-corrected chi connectivity index (χ0v) is 17.5. The molecule has 1 unspecified atom stereocenters. The Morgan fingerprint density at radius 2 is 1.90 bits per heavy atom. The fourth-order valence-corrected chi connectivity index (χ4v) is 3.91. The number of aromatic nitrogens is 1. The Balaban J connectivity index is 1.39. The Bertz CT molecular complexity index is 911. The van der Waals surface area contributed by atoms with Crippen LogP contribution >= 0.6 is 11.3 Å². The Morgan fingerprint density at radius 3 is 2.60 bits per heavy atom. The first kappa shape index (κ1) is 20.5. The minimum absolute atomic E-state index is 0.0857. The third kappa shape index (κ3) is 5.66. The standard InChI is InChI=1S/C23H25N3O3S/c27-23(19-6-8-21(9-7-19)29-15-20-16-30-17-24-20)25-22(18-4-2-1-3-5-18)14-26-10-12-28-13-11-26/h1-9,16-17,22H,10-15H2,(H,25,27). The van der Waals surface area contributed by atoms with Crippen LogP contribution in [-0.4, -0.2) is 48.6 Å². The van der Waals surface area contributed by atoms with Gasteiger partial charge >= 0.3 is 0 Å². The highest BCUT2D eigenvalue weighted by Gasteiger charge is 2.20. The predicted molar refractivity (Wildman–Crippen MR) is 117 cm³/mol. The predicted octanol–water partition coefficient (Wildman–Crippen LogP) is 3.53. The number of thiazole rings is 1. The number of nitrogens with one attached hydrogen (secondary N) is 1. The lowest BCUT2D eigenvalue weighted by Crippen LogP contribution is -2.43. The fraction of sp³-hybridized carbons (Fsp3) is 0.304. The van der Waals surface area contributed by atoms with Crippen LogP contribution in [0.15, 0.2) is 65.5 Å². The Hall–Kier alpha value is -2.74. The van der Waals surface area contributed by atoms with Crippen molar-refractivity contribution in [1.29, 1.82) is 0 Å². The molecule has 1 aliphatic heterocycles. The summed E-state index contributed by atoms with van der Waals surface area (Å²) >= 11 is 1.54. The number of carbonyl (C=O) groups is 1. The van der Waals surface area contributed by atoms with Crippen molar-refractivity contribution in [2.24, 2.45) is 0 Å². The van der Waals surface area contributed by atoms with Gasteiger partial charge in [-0.2, -0.15) is 0 Å². The van der Waals surface area contributed by atoms with Gasteiger partial charge in [0.15, 0.2) is 0 Å². The van der Waals surface area contributed by atoms with Crippen LogP contribution in [0.1, 0.15) is 27.7 Å². The summed E-state index contributed by atoms with van der Waals surface area (Å²) in [5, 5.41) is 5.16. The second-order valence-corrected chi connectivity index (χ2v) is 7.86. The minimum atomic E-state index is -0.0943. The molecule has 0 saturated carbocycles. The van der Waals surface area contributed by atoms with Crippen molar-refractivity contribution in [2.75, 3.05) is 32.8 Å². The third-order valence-electron chi connectivity index (χ3n) is 5.04. The molecule has 1 atom stereocenters. The molecule has 2 heterocycles. The highest BCUT2D eigenvalue weighted by molar-refractivity contribution is 7.07. The van der Waals surface area contributed by atoms with Crippen molar-refractivity contribution in [1.82, 2.24) is 15.2 Å². The van der Waals surface area contributed by atoms with Gasteiger partial charge in [-0.3, -0.25) is 9.69 Å². The zero-order valence-electron chi connectivity index (χ0n) is 16.7. The van der Waals surface area contributed by atoms with E-state index in [1.807, 2.05) is 35.7 Å². The molecule has 1 saturated heterocycles. The first-order valence-corrected chi connectivity index (χ1v) is 11.0. The summed E-state index contributed by atoms with van der Waals surface area (Å²) < 4.78 is 11.2. The van der Waals surface area contributed by atoms with Crippen LogP contribution in [0.5, 0.6) is 5.75 Å². The molecule has 1 amide bonds. The van der Waals surface area contributed by atoms with E-state index in [0.717, 1.165) is 44.1 Å². The maximum Gasteiger partial charge on any atom is 0.251 e. The number of morpholine rings is 1. The summed E-state index contributed by atoms with van der Waals surface area (Å²) in [5.74, 6) is 0.621. The molecule has 1 aromatic heterocycles. The van der Waals surface area contributed by atoms with Gasteiger partial charge in [-0.1, -0.05) is 30.3 Å². The first-order valence-electron chi connectivity index (χ1n) is 10.0. The molecular formula is C23H25N3O3S. The van der Waals surface area contributed by atoms with Gasteiger partial charge in [0.25, 0.3) is 5.91 Å². The van der Waals surface area contributed by atoms with Gasteiger partial charge in [-0.05, 0) is 29.8 Å². The number of amides is 1. The van der Waals surface area contributed by atoms with Gasteiger partial charge in [0.1, 0.15) is 12.4 Å². The number of carbonyl (C=O) groups excluding carboxylic acids is 1. The molecule has 1 fully saturated rings. The molecule has 4 rings (SSSR count). The molecule has 2 aromatic carbocycles. The van der Waals surface area contributed by atoms with Gasteiger partial charge in [0, 0.05) is 30.6 Å². The van der Waals surface area contributed by atoms with Crippen molar-refractivity contribution >= 4 is 17.2 Å². The van der Waals surface area contributed by atoms with Crippen LogP contribution < -0.4 is 10.1 Å². The number of hydrogen-bond acceptors (Lipinski definition) is 6. The van der Waals surface area contributed by atoms with Crippen LogP contribution in [0, 0.1) is 0 Å². The van der Waals surface area contributed by atoms with Crippen molar-refractivity contribution in [3.63, 3.8) is 0 Å². The SMILES string of the molecule is O=C(NC(CN1CCOCC1)c1ccccc1)c1ccc(OCc2cscn2)cc1. The summed E-state index contributed by atoms with van der Waals surface area (Å²) in [6, 6.07) is 17.2. The maximum absolute atomic E-state index is 12.9. The van der Waals surface area contributed by atoms with E-state index in [1.54, 1.807) is 29.0 Å². The van der Waals surface area contributed by atoms with Crippen LogP contribution in [0.2, 0.25) is 0 Å². The lowest BCUT2D eigenvalue weighted by atomic mass is 10.1. The molecular weight excluding hydrogens is 398 g/mol. The van der Waals surface area contributed by atoms with Gasteiger partial charge in [0.2, 0.25) is 0 Å². The Morgan fingerprint density at radius 1 is 1.13 bits per heavy atom. The highest BCUT2D eigenvalue weighted by atomic mass is 32.1. The highest BCUT2D eigenvalue weighted by Crippen LogP contribution is 2.18. The quantitative estimate of drug-likeness (QED) is 0.601. The summed E-state index contributed by atoms with van der Waals surface area (Å²) in [6.45, 7) is 4.41. The summed E-state index contributed by atoms with van der Waals surface area (Å²) in [7, 11) is 0. The Labute approximate surface area is 180 Å². The second kappa shape index (κ2) is 10.3. The van der Waals surface area contributed by atoms with Crippen molar-refractivity contribution in [3.8, 4) is 5.75 Å². The average molecular weight is 424 g/mol. The fourth-order valence-electron chi connectivity index (χ4n) is 3.37. The van der Waals surface area contributed by atoms with Crippen LogP contribution in [0.4, 0.5) is 0 Å². The molecule has 1 N–H and O–H groups in total. The molecule has 0 spiro atoms. The Kier molecular flexibility index (Phi) is 7.07. The lowest BCUT2D eigenvalue weighted by molar-refractivity contribution is 0.0332. The molecule has 1 aliphatic rings. The van der Waals surface area contributed by atoms with E-state index in [4.69, 9.17) is 9.47 Å². The van der Waals surface area contributed by atoms with Gasteiger partial charge in [-0.25, -0.2) is 4.98 Å². The zero-order chi connectivity index (χ0) is 20.6. The number of benzene rings is 2. The molecule has 7 heteroatoms. The topological polar surface area (TPSA) is 63.7 Å². The second-order valence-electron chi connectivity index (χ2n) is 7.14. The normalized spacial score (nSPS) is 15.5. The smallest absolute Gasteiger partial charge is 0.251 e. The molecule has 30 heavy (non-hydrogen) atoms. The summed E-state index contributed by atoms with van der Waals surface area (Å²) in [5.41, 5.74) is 4.39. The summed E-state index contributed by atoms with van der Waals surface area (Å²) in [6.07, 6.45) is 0. The third-order valence-corrected chi connectivity index (χ3v) is 5.67.